The Morgan fingerprint density at radius 1 is 1.30 bits per heavy atom. The summed E-state index contributed by atoms with van der Waals surface area (Å²) in [6.07, 6.45) is 1.04. The van der Waals surface area contributed by atoms with Gasteiger partial charge in [-0.2, -0.15) is 0 Å². The Morgan fingerprint density at radius 3 is 2.60 bits per heavy atom. The van der Waals surface area contributed by atoms with Crippen molar-refractivity contribution in [2.24, 2.45) is 11.1 Å². The molecule has 0 heterocycles. The van der Waals surface area contributed by atoms with Crippen LogP contribution in [0.15, 0.2) is 24.3 Å². The molecule has 1 rings (SSSR count). The second kappa shape index (κ2) is 9.22. The molecule has 1 aromatic rings. The van der Waals surface area contributed by atoms with Crippen LogP contribution in [0.25, 0.3) is 0 Å². The van der Waals surface area contributed by atoms with Crippen molar-refractivity contribution in [3.8, 4) is 5.75 Å². The zero-order valence-electron chi connectivity index (χ0n) is 13.2. The van der Waals surface area contributed by atoms with Gasteiger partial charge in [0, 0.05) is 13.1 Å². The van der Waals surface area contributed by atoms with Crippen molar-refractivity contribution in [1.82, 2.24) is 4.90 Å². The molecular weight excluding hydrogens is 272 g/mol. The SMILES string of the molecule is CCCOc1cccc(CN(C)CC(C)(C)CN)c1.Cl. The first-order valence-electron chi connectivity index (χ1n) is 7.07. The lowest BCUT2D eigenvalue weighted by Gasteiger charge is -2.29. The third kappa shape index (κ3) is 7.13. The van der Waals surface area contributed by atoms with E-state index < -0.39 is 0 Å². The van der Waals surface area contributed by atoms with E-state index in [4.69, 9.17) is 10.5 Å². The predicted molar refractivity (Wildman–Crippen MR) is 88.6 cm³/mol. The van der Waals surface area contributed by atoms with Gasteiger partial charge in [0.25, 0.3) is 0 Å². The van der Waals surface area contributed by atoms with E-state index >= 15 is 0 Å². The molecule has 0 aliphatic carbocycles. The summed E-state index contributed by atoms with van der Waals surface area (Å²) in [4.78, 5) is 2.31. The van der Waals surface area contributed by atoms with Gasteiger partial charge in [-0.25, -0.2) is 0 Å². The fourth-order valence-corrected chi connectivity index (χ4v) is 2.12. The minimum Gasteiger partial charge on any atom is -0.494 e. The number of halogens is 1. The van der Waals surface area contributed by atoms with Crippen molar-refractivity contribution in [2.75, 3.05) is 26.7 Å². The third-order valence-electron chi connectivity index (χ3n) is 3.07. The van der Waals surface area contributed by atoms with Gasteiger partial charge < -0.3 is 15.4 Å². The second-order valence-electron chi connectivity index (χ2n) is 6.04. The molecule has 116 valence electrons. The molecule has 0 fully saturated rings. The van der Waals surface area contributed by atoms with E-state index in [2.05, 4.69) is 50.9 Å². The third-order valence-corrected chi connectivity index (χ3v) is 3.07. The molecule has 0 bridgehead atoms. The molecule has 1 aromatic carbocycles. The Hall–Kier alpha value is -0.770. The lowest BCUT2D eigenvalue weighted by molar-refractivity contribution is 0.209. The summed E-state index contributed by atoms with van der Waals surface area (Å²) in [5, 5.41) is 0. The molecule has 0 aliphatic heterocycles. The summed E-state index contributed by atoms with van der Waals surface area (Å²) < 4.78 is 5.66. The van der Waals surface area contributed by atoms with E-state index in [9.17, 15) is 0 Å². The topological polar surface area (TPSA) is 38.5 Å². The van der Waals surface area contributed by atoms with Gasteiger partial charge in [0.2, 0.25) is 0 Å². The first-order valence-corrected chi connectivity index (χ1v) is 7.07. The minimum atomic E-state index is 0. The molecule has 0 spiro atoms. The number of hydrogen-bond donors (Lipinski definition) is 1. The molecule has 4 heteroatoms. The van der Waals surface area contributed by atoms with Gasteiger partial charge in [-0.1, -0.05) is 32.9 Å². The Morgan fingerprint density at radius 2 is 2.00 bits per heavy atom. The van der Waals surface area contributed by atoms with E-state index in [0.717, 1.165) is 31.9 Å². The molecule has 0 radical (unpaired) electrons. The van der Waals surface area contributed by atoms with E-state index in [1.165, 1.54) is 5.56 Å². The van der Waals surface area contributed by atoms with Crippen LogP contribution >= 0.6 is 12.4 Å². The van der Waals surface area contributed by atoms with Crippen LogP contribution in [0, 0.1) is 5.41 Å². The van der Waals surface area contributed by atoms with Crippen LogP contribution in [-0.2, 0) is 6.54 Å². The molecule has 20 heavy (non-hydrogen) atoms. The summed E-state index contributed by atoms with van der Waals surface area (Å²) in [6.45, 7) is 9.91. The van der Waals surface area contributed by atoms with Gasteiger partial charge in [0.05, 0.1) is 6.61 Å². The summed E-state index contributed by atoms with van der Waals surface area (Å²) >= 11 is 0. The lowest BCUT2D eigenvalue weighted by atomic mass is 9.93. The van der Waals surface area contributed by atoms with Gasteiger partial charge in [-0.15, -0.1) is 12.4 Å². The second-order valence-corrected chi connectivity index (χ2v) is 6.04. The van der Waals surface area contributed by atoms with E-state index in [0.29, 0.717) is 6.54 Å². The molecule has 0 aromatic heterocycles. The fraction of sp³-hybridized carbons (Fsp3) is 0.625. The number of nitrogens with zero attached hydrogens (tertiary/aromatic N) is 1. The first-order chi connectivity index (χ1) is 8.96. The Kier molecular flexibility index (Phi) is 8.86. The van der Waals surface area contributed by atoms with Crippen LogP contribution < -0.4 is 10.5 Å². The van der Waals surface area contributed by atoms with Crippen LogP contribution in [0.3, 0.4) is 0 Å². The largest absolute Gasteiger partial charge is 0.494 e. The van der Waals surface area contributed by atoms with Crippen LogP contribution in [0.5, 0.6) is 5.75 Å². The van der Waals surface area contributed by atoms with Crippen molar-refractivity contribution in [3.63, 3.8) is 0 Å². The van der Waals surface area contributed by atoms with E-state index in [1.54, 1.807) is 0 Å². The van der Waals surface area contributed by atoms with Crippen LogP contribution in [-0.4, -0.2) is 31.6 Å². The maximum absolute atomic E-state index is 5.78. The zero-order valence-corrected chi connectivity index (χ0v) is 14.0. The monoisotopic (exact) mass is 300 g/mol. The van der Waals surface area contributed by atoms with Gasteiger partial charge >= 0.3 is 0 Å². The van der Waals surface area contributed by atoms with Crippen LogP contribution in [0.1, 0.15) is 32.8 Å². The summed E-state index contributed by atoms with van der Waals surface area (Å²) in [5.41, 5.74) is 7.22. The number of rotatable bonds is 8. The molecule has 0 saturated carbocycles. The highest BCUT2D eigenvalue weighted by molar-refractivity contribution is 5.85. The molecule has 3 nitrogen and oxygen atoms in total. The Balaban J connectivity index is 0.00000361. The standard InChI is InChI=1S/C16H28N2O.ClH/c1-5-9-19-15-8-6-7-14(10-15)11-18(4)13-16(2,3)12-17;/h6-8,10H,5,9,11-13,17H2,1-4H3;1H. The van der Waals surface area contributed by atoms with E-state index in [1.807, 2.05) is 6.07 Å². The lowest BCUT2D eigenvalue weighted by Crippen LogP contribution is -2.36. The first kappa shape index (κ1) is 19.2. The molecule has 0 unspecified atom stereocenters. The molecule has 2 N–H and O–H groups in total. The maximum atomic E-state index is 5.78. The van der Waals surface area contributed by atoms with Crippen molar-refractivity contribution < 1.29 is 4.74 Å². The predicted octanol–water partition coefficient (Wildman–Crippen LogP) is 3.31. The maximum Gasteiger partial charge on any atom is 0.119 e. The van der Waals surface area contributed by atoms with Crippen molar-refractivity contribution in [1.29, 1.82) is 0 Å². The molecule has 0 amide bonds. The van der Waals surface area contributed by atoms with Gasteiger partial charge in [0.1, 0.15) is 5.75 Å². The van der Waals surface area contributed by atoms with Crippen molar-refractivity contribution >= 4 is 12.4 Å². The summed E-state index contributed by atoms with van der Waals surface area (Å²) in [6, 6.07) is 8.34. The summed E-state index contributed by atoms with van der Waals surface area (Å²) in [5.74, 6) is 0.964. The van der Waals surface area contributed by atoms with Crippen molar-refractivity contribution in [2.45, 2.75) is 33.7 Å². The fourth-order valence-electron chi connectivity index (χ4n) is 2.12. The quantitative estimate of drug-likeness (QED) is 0.800. The Bertz CT molecular complexity index is 382. The minimum absolute atomic E-state index is 0. The average Bonchev–Trinajstić information content (AvgIpc) is 2.36. The highest BCUT2D eigenvalue weighted by Crippen LogP contribution is 2.18. The molecular formula is C16H29ClN2O. The molecule has 0 atom stereocenters. The number of benzene rings is 1. The normalized spacial score (nSPS) is 11.3. The zero-order chi connectivity index (χ0) is 14.3. The average molecular weight is 301 g/mol. The van der Waals surface area contributed by atoms with Gasteiger partial charge in [0.15, 0.2) is 0 Å². The van der Waals surface area contributed by atoms with Gasteiger partial charge in [-0.05, 0) is 43.1 Å². The summed E-state index contributed by atoms with van der Waals surface area (Å²) in [7, 11) is 2.14. The highest BCUT2D eigenvalue weighted by atomic mass is 35.5. The van der Waals surface area contributed by atoms with Gasteiger partial charge in [-0.3, -0.25) is 0 Å². The smallest absolute Gasteiger partial charge is 0.119 e. The molecule has 0 saturated heterocycles. The van der Waals surface area contributed by atoms with Crippen molar-refractivity contribution in [3.05, 3.63) is 29.8 Å². The molecule has 0 aliphatic rings. The van der Waals surface area contributed by atoms with Crippen LogP contribution in [0.4, 0.5) is 0 Å². The highest BCUT2D eigenvalue weighted by Gasteiger charge is 2.18. The number of nitrogens with two attached hydrogens (primary N) is 1. The number of hydrogen-bond acceptors (Lipinski definition) is 3. The Labute approximate surface area is 129 Å². The van der Waals surface area contributed by atoms with E-state index in [-0.39, 0.29) is 17.8 Å². The number of ether oxygens (including phenoxy) is 1. The van der Waals surface area contributed by atoms with Crippen LogP contribution in [0.2, 0.25) is 0 Å².